The van der Waals surface area contributed by atoms with Gasteiger partial charge in [-0.1, -0.05) is 24.3 Å². The molecule has 1 aliphatic carbocycles. The summed E-state index contributed by atoms with van der Waals surface area (Å²) in [6.07, 6.45) is 2.15. The highest BCUT2D eigenvalue weighted by Crippen LogP contribution is 2.38. The van der Waals surface area contributed by atoms with E-state index in [2.05, 4.69) is 33.2 Å². The average molecular weight is 635 g/mol. The van der Waals surface area contributed by atoms with Crippen molar-refractivity contribution in [2.24, 2.45) is 0 Å². The molecule has 202 valence electrons. The largest absolute Gasteiger partial charge is 0.496 e. The minimum atomic E-state index is -0.966. The molecule has 5 nitrogen and oxygen atoms in total. The Bertz CT molecular complexity index is 1240. The van der Waals surface area contributed by atoms with E-state index in [9.17, 15) is 18.7 Å². The Morgan fingerprint density at radius 2 is 1.87 bits per heavy atom. The van der Waals surface area contributed by atoms with Gasteiger partial charge in [0.2, 0.25) is 5.91 Å². The van der Waals surface area contributed by atoms with Gasteiger partial charge in [-0.2, -0.15) is 0 Å². The zero-order chi connectivity index (χ0) is 27.1. The molecule has 0 aliphatic heterocycles. The lowest BCUT2D eigenvalue weighted by Gasteiger charge is -2.29. The number of hydrogen-bond donors (Lipinski definition) is 3. The lowest BCUT2D eigenvalue weighted by molar-refractivity contribution is -0.123. The summed E-state index contributed by atoms with van der Waals surface area (Å²) in [5, 5.41) is 17.2. The van der Waals surface area contributed by atoms with Gasteiger partial charge in [0.15, 0.2) is 0 Å². The first-order valence-electron chi connectivity index (χ1n) is 12.9. The fourth-order valence-corrected chi connectivity index (χ4v) is 5.83. The summed E-state index contributed by atoms with van der Waals surface area (Å²) >= 11 is 2.25. The number of rotatable bonds is 11. The van der Waals surface area contributed by atoms with Crippen molar-refractivity contribution in [2.75, 3.05) is 13.7 Å². The molecule has 0 bridgehead atoms. The van der Waals surface area contributed by atoms with Crippen LogP contribution in [0.4, 0.5) is 8.78 Å². The first-order chi connectivity index (χ1) is 18.3. The van der Waals surface area contributed by atoms with Crippen molar-refractivity contribution in [1.82, 2.24) is 10.6 Å². The predicted molar refractivity (Wildman–Crippen MR) is 152 cm³/mol. The highest BCUT2D eigenvalue weighted by molar-refractivity contribution is 14.1. The summed E-state index contributed by atoms with van der Waals surface area (Å²) < 4.78 is 34.4. The molecule has 1 amide bonds. The van der Waals surface area contributed by atoms with Crippen molar-refractivity contribution < 1.29 is 23.4 Å². The van der Waals surface area contributed by atoms with Crippen molar-refractivity contribution in [3.63, 3.8) is 0 Å². The smallest absolute Gasteiger partial charge is 0.220 e. The number of aliphatic hydroxyl groups is 1. The normalized spacial score (nSPS) is 16.4. The number of amides is 1. The second kappa shape index (κ2) is 13.5. The minimum Gasteiger partial charge on any atom is -0.496 e. The number of benzene rings is 3. The zero-order valence-corrected chi connectivity index (χ0v) is 23.5. The van der Waals surface area contributed by atoms with Gasteiger partial charge in [-0.15, -0.1) is 0 Å². The molecule has 0 spiro atoms. The maximum atomic E-state index is 13.9. The number of carbonyl (C=O) groups excluding carboxylic acids is 1. The summed E-state index contributed by atoms with van der Waals surface area (Å²) in [6, 6.07) is 16.5. The third kappa shape index (κ3) is 7.74. The van der Waals surface area contributed by atoms with Crippen LogP contribution < -0.4 is 15.4 Å². The van der Waals surface area contributed by atoms with Crippen LogP contribution in [0.15, 0.2) is 60.7 Å². The van der Waals surface area contributed by atoms with E-state index >= 15 is 0 Å². The third-order valence-electron chi connectivity index (χ3n) is 7.00. The molecule has 38 heavy (non-hydrogen) atoms. The number of carbonyl (C=O) groups is 1. The molecule has 0 fully saturated rings. The second-order valence-electron chi connectivity index (χ2n) is 9.81. The van der Waals surface area contributed by atoms with Gasteiger partial charge in [0.1, 0.15) is 17.4 Å². The fourth-order valence-electron chi connectivity index (χ4n) is 5.23. The minimum absolute atomic E-state index is 0.0388. The lowest BCUT2D eigenvalue weighted by Crippen LogP contribution is -2.49. The van der Waals surface area contributed by atoms with E-state index in [4.69, 9.17) is 4.74 Å². The first-order valence-corrected chi connectivity index (χ1v) is 13.9. The van der Waals surface area contributed by atoms with Crippen LogP contribution in [-0.4, -0.2) is 36.8 Å². The topological polar surface area (TPSA) is 70.6 Å². The van der Waals surface area contributed by atoms with Crippen molar-refractivity contribution >= 4 is 28.5 Å². The van der Waals surface area contributed by atoms with Gasteiger partial charge in [0.05, 0.1) is 19.3 Å². The van der Waals surface area contributed by atoms with E-state index < -0.39 is 23.8 Å². The van der Waals surface area contributed by atoms with Crippen LogP contribution >= 0.6 is 22.6 Å². The van der Waals surface area contributed by atoms with Gasteiger partial charge in [0, 0.05) is 29.1 Å². The van der Waals surface area contributed by atoms with E-state index in [0.717, 1.165) is 51.3 Å². The Labute approximate surface area is 236 Å². The van der Waals surface area contributed by atoms with Gasteiger partial charge in [0.25, 0.3) is 0 Å². The molecule has 3 atom stereocenters. The SMILES string of the molecule is COc1cccc2c1CCCC2CC(=O)N[C@H](Cc1cc(F)cc(F)c1)[C@H](O)CNCc1cccc(I)c1. The van der Waals surface area contributed by atoms with Crippen molar-refractivity contribution in [3.05, 3.63) is 98.1 Å². The summed E-state index contributed by atoms with van der Waals surface area (Å²) in [5.41, 5.74) is 3.71. The number of ether oxygens (including phenoxy) is 1. The van der Waals surface area contributed by atoms with Crippen LogP contribution in [0.2, 0.25) is 0 Å². The number of nitrogens with one attached hydrogen (secondary N) is 2. The number of halogens is 3. The number of fused-ring (bicyclic) bond motifs is 1. The summed E-state index contributed by atoms with van der Waals surface area (Å²) in [4.78, 5) is 13.2. The Kier molecular flexibility index (Phi) is 10.1. The molecule has 1 unspecified atom stereocenters. The average Bonchev–Trinajstić information content (AvgIpc) is 2.87. The van der Waals surface area contributed by atoms with Crippen LogP contribution in [0.5, 0.6) is 5.75 Å². The molecule has 3 N–H and O–H groups in total. The number of aliphatic hydroxyl groups excluding tert-OH is 1. The quantitative estimate of drug-likeness (QED) is 0.252. The van der Waals surface area contributed by atoms with Crippen molar-refractivity contribution in [1.29, 1.82) is 0 Å². The van der Waals surface area contributed by atoms with E-state index in [-0.39, 0.29) is 31.2 Å². The monoisotopic (exact) mass is 634 g/mol. The van der Waals surface area contributed by atoms with Crippen LogP contribution in [0, 0.1) is 15.2 Å². The van der Waals surface area contributed by atoms with E-state index in [1.165, 1.54) is 12.1 Å². The van der Waals surface area contributed by atoms with Gasteiger partial charge < -0.3 is 20.5 Å². The van der Waals surface area contributed by atoms with Crippen LogP contribution in [0.1, 0.15) is 47.4 Å². The molecule has 4 rings (SSSR count). The summed E-state index contributed by atoms with van der Waals surface area (Å²) in [5.74, 6) is -0.706. The van der Waals surface area contributed by atoms with Gasteiger partial charge in [-0.25, -0.2) is 8.78 Å². The lowest BCUT2D eigenvalue weighted by atomic mass is 9.80. The summed E-state index contributed by atoms with van der Waals surface area (Å²) in [6.45, 7) is 0.752. The molecule has 8 heteroatoms. The van der Waals surface area contributed by atoms with Gasteiger partial charge in [-0.3, -0.25) is 4.79 Å². The van der Waals surface area contributed by atoms with Gasteiger partial charge in [-0.05, 0) is 107 Å². The molecule has 0 saturated carbocycles. The Hall–Kier alpha value is -2.56. The van der Waals surface area contributed by atoms with E-state index in [1.807, 2.05) is 42.5 Å². The maximum Gasteiger partial charge on any atom is 0.220 e. The Morgan fingerprint density at radius 1 is 1.11 bits per heavy atom. The zero-order valence-electron chi connectivity index (χ0n) is 21.4. The fraction of sp³-hybridized carbons (Fsp3) is 0.367. The van der Waals surface area contributed by atoms with Crippen molar-refractivity contribution in [3.8, 4) is 5.75 Å². The third-order valence-corrected chi connectivity index (χ3v) is 7.67. The van der Waals surface area contributed by atoms with Crippen molar-refractivity contribution in [2.45, 2.75) is 56.7 Å². The molecule has 3 aromatic carbocycles. The molecular formula is C30H33F2IN2O3. The molecule has 0 aromatic heterocycles. The highest BCUT2D eigenvalue weighted by Gasteiger charge is 2.27. The van der Waals surface area contributed by atoms with Crippen LogP contribution in [0.3, 0.4) is 0 Å². The van der Waals surface area contributed by atoms with Gasteiger partial charge >= 0.3 is 0 Å². The Morgan fingerprint density at radius 3 is 2.61 bits per heavy atom. The molecule has 0 heterocycles. The van der Waals surface area contributed by atoms with E-state index in [1.54, 1.807) is 7.11 Å². The molecule has 0 radical (unpaired) electrons. The molecular weight excluding hydrogens is 601 g/mol. The molecule has 3 aromatic rings. The van der Waals surface area contributed by atoms with Crippen LogP contribution in [0.25, 0.3) is 0 Å². The predicted octanol–water partition coefficient (Wildman–Crippen LogP) is 5.27. The first kappa shape index (κ1) is 28.4. The maximum absolute atomic E-state index is 13.9. The highest BCUT2D eigenvalue weighted by atomic mass is 127. The number of hydrogen-bond acceptors (Lipinski definition) is 4. The van der Waals surface area contributed by atoms with E-state index in [0.29, 0.717) is 12.1 Å². The van der Waals surface area contributed by atoms with Crippen LogP contribution in [-0.2, 0) is 24.2 Å². The summed E-state index contributed by atoms with van der Waals surface area (Å²) in [7, 11) is 1.65. The Balaban J connectivity index is 1.44. The second-order valence-corrected chi connectivity index (χ2v) is 11.1. The number of methoxy groups -OCH3 is 1. The standard InChI is InChI=1S/C30H33F2IN2O3/c1-38-29-10-4-8-25-21(6-3-9-26(25)29)15-30(37)35-27(14-20-11-22(31)16-23(32)12-20)28(36)18-34-17-19-5-2-7-24(33)13-19/h2,4-5,7-8,10-13,16,21,27-28,34,36H,3,6,9,14-15,17-18H2,1H3,(H,35,37)/t21?,27-,28-/m1/s1. The molecule has 1 aliphatic rings. The molecule has 0 saturated heterocycles.